The zero-order chi connectivity index (χ0) is 74.1. The van der Waals surface area contributed by atoms with Gasteiger partial charge in [-0.05, 0) is 203 Å². The molecule has 1 aliphatic heterocycles. The van der Waals surface area contributed by atoms with Crippen molar-refractivity contribution in [3.63, 3.8) is 0 Å². The number of anilines is 3. The number of carbonyl (C=O) groups excluding carboxylic acids is 9. The van der Waals surface area contributed by atoms with Gasteiger partial charge in [-0.25, -0.2) is 14.4 Å². The number of nitrogens with zero attached hydrogens (tertiary/aromatic N) is 3. The summed E-state index contributed by atoms with van der Waals surface area (Å²) >= 11 is 16.3. The lowest BCUT2D eigenvalue weighted by Crippen LogP contribution is -2.42. The van der Waals surface area contributed by atoms with Crippen LogP contribution in [0.25, 0.3) is 0 Å². The Bertz CT molecular complexity index is 2880. The molecular formula is C54H69I9N12O24. The number of rotatable bonds is 33. The SMILES string of the molecule is O=C(NCC(O)CO)c1c(I)c(NCOC(=O)N2CCN(C(=O)OCNc3c(I)c(C(=O)NCC(O)CO)c(I)c(C(=O)NCC(O)CO)c3I)CCN(C(=O)OCNc3c(I)c(C(=O)NCC(O)CO)c(I)c(C(=O)NCC(O)CO)c3I)CC2)c(I)c(C(=O)NCC(O)CO)c1I. The van der Waals surface area contributed by atoms with Crippen LogP contribution in [0.15, 0.2) is 0 Å². The largest absolute Gasteiger partial charge is 0.428 e. The molecule has 4 rings (SSSR count). The zero-order valence-electron chi connectivity index (χ0n) is 51.3. The maximum atomic E-state index is 14.3. The molecule has 0 bridgehead atoms. The molecule has 552 valence electrons. The molecule has 6 unspecified atom stereocenters. The number of ether oxygens (including phenoxy) is 3. The first-order valence-electron chi connectivity index (χ1n) is 28.9. The average Bonchev–Trinajstić information content (AvgIpc) is 0.890. The Morgan fingerprint density at radius 2 is 0.444 bits per heavy atom. The number of nitrogens with one attached hydrogen (secondary N) is 9. The van der Waals surface area contributed by atoms with Crippen LogP contribution in [0.4, 0.5) is 31.4 Å². The summed E-state index contributed by atoms with van der Waals surface area (Å²) in [5.74, 6) is -4.66. The van der Waals surface area contributed by atoms with Crippen molar-refractivity contribution < 1.29 is 119 Å². The van der Waals surface area contributed by atoms with Gasteiger partial charge in [0, 0.05) is 89.2 Å². The predicted molar refractivity (Wildman–Crippen MR) is 426 cm³/mol. The van der Waals surface area contributed by atoms with Crippen LogP contribution in [-0.2, 0) is 14.2 Å². The predicted octanol–water partition coefficient (Wildman–Crippen LogP) is -1.54. The van der Waals surface area contributed by atoms with E-state index in [-0.39, 0.29) is 161 Å². The molecule has 0 aliphatic carbocycles. The van der Waals surface area contributed by atoms with E-state index in [2.05, 4.69) is 47.9 Å². The van der Waals surface area contributed by atoms with Crippen molar-refractivity contribution in [1.29, 1.82) is 0 Å². The fraction of sp³-hybridized carbons (Fsp3) is 0.500. The zero-order valence-corrected chi connectivity index (χ0v) is 70.7. The van der Waals surface area contributed by atoms with Gasteiger partial charge in [-0.1, -0.05) is 0 Å². The topological polar surface area (TPSA) is 542 Å². The molecule has 45 heteroatoms. The van der Waals surface area contributed by atoms with Crippen molar-refractivity contribution in [3.05, 3.63) is 65.5 Å². The monoisotopic (exact) mass is 2410 g/mol. The first-order valence-corrected chi connectivity index (χ1v) is 38.6. The first kappa shape index (κ1) is 89.2. The van der Waals surface area contributed by atoms with Crippen LogP contribution >= 0.6 is 203 Å². The van der Waals surface area contributed by atoms with E-state index in [4.69, 9.17) is 14.2 Å². The Labute approximate surface area is 687 Å². The summed E-state index contributed by atoms with van der Waals surface area (Å²) < 4.78 is 18.7. The van der Waals surface area contributed by atoms with Crippen molar-refractivity contribution >= 4 is 274 Å². The fourth-order valence-corrected chi connectivity index (χ4v) is 21.8. The second kappa shape index (κ2) is 44.7. The molecule has 1 fully saturated rings. The van der Waals surface area contributed by atoms with Crippen molar-refractivity contribution in [3.8, 4) is 0 Å². The lowest BCUT2D eigenvalue weighted by molar-refractivity contribution is 0.0792. The first-order chi connectivity index (χ1) is 46.8. The standard InChI is InChI=1S/C54H69I9N12O24/c55-34-28(46(88)64-7-22(82)13-76)37(58)43(38(59)29(34)47(89)65-8-23(83)14-77)70-19-97-52(94)73-1-2-74(53(95)98-20-71-44-39(60)30(48(90)66-9-24(84)15-78)35(56)31(40(44)61)49(91)67-10-25(85)16-79)5-6-75(4-3-73)54(96)99-21-72-45-41(62)32(50(92)68-11-26(86)17-80)36(57)33(42(45)63)51(93)69-12-27(87)18-81/h22-27,70-72,76-87H,1-21H2,(H,64,88)(H,65,89)(H,66,90)(H,67,91)(H,68,92)(H,69,93). The van der Waals surface area contributed by atoms with Gasteiger partial charge < -0.3 is 138 Å². The molecule has 6 atom stereocenters. The van der Waals surface area contributed by atoms with Crippen LogP contribution in [0, 0.1) is 32.1 Å². The molecule has 0 aromatic heterocycles. The minimum absolute atomic E-state index is 0.0697. The number of aliphatic hydroxyl groups is 12. The van der Waals surface area contributed by atoms with Crippen molar-refractivity contribution in [1.82, 2.24) is 46.6 Å². The second-order valence-electron chi connectivity index (χ2n) is 20.6. The number of carbonyl (C=O) groups is 9. The van der Waals surface area contributed by atoms with E-state index in [1.165, 1.54) is 0 Å². The van der Waals surface area contributed by atoms with E-state index in [1.54, 1.807) is 67.8 Å². The van der Waals surface area contributed by atoms with E-state index in [0.717, 1.165) is 14.7 Å². The van der Waals surface area contributed by atoms with Crippen molar-refractivity contribution in [2.24, 2.45) is 0 Å². The molecule has 36 nitrogen and oxygen atoms in total. The molecule has 3 aromatic carbocycles. The normalized spacial score (nSPS) is 14.3. The second-order valence-corrected chi connectivity index (χ2v) is 30.3. The molecular weight excluding hydrogens is 2340 g/mol. The average molecular weight is 2410 g/mol. The number of halogens is 9. The molecule has 0 saturated carbocycles. The number of benzene rings is 3. The molecule has 99 heavy (non-hydrogen) atoms. The number of hydrogen-bond acceptors (Lipinski definition) is 27. The van der Waals surface area contributed by atoms with Crippen LogP contribution in [0.5, 0.6) is 0 Å². The molecule has 0 radical (unpaired) electrons. The van der Waals surface area contributed by atoms with Gasteiger partial charge in [0.05, 0.1) is 148 Å². The summed E-state index contributed by atoms with van der Waals surface area (Å²) in [6.45, 7) is -10.1. The van der Waals surface area contributed by atoms with E-state index in [9.17, 15) is 104 Å². The molecule has 1 aliphatic rings. The van der Waals surface area contributed by atoms with Crippen molar-refractivity contribution in [2.45, 2.75) is 36.6 Å². The summed E-state index contributed by atoms with van der Waals surface area (Å²) in [7, 11) is 0. The third-order valence-electron chi connectivity index (χ3n) is 13.6. The summed E-state index contributed by atoms with van der Waals surface area (Å²) in [6.07, 6.45) is -11.1. The summed E-state index contributed by atoms with van der Waals surface area (Å²) in [4.78, 5) is 128. The molecule has 0 spiro atoms. The number of aliphatic hydroxyl groups excluding tert-OH is 12. The molecule has 1 saturated heterocycles. The Morgan fingerprint density at radius 3 is 0.586 bits per heavy atom. The number of hydrogen-bond donors (Lipinski definition) is 21. The van der Waals surface area contributed by atoms with Gasteiger partial charge in [0.2, 0.25) is 0 Å². The van der Waals surface area contributed by atoms with Crippen LogP contribution in [0.1, 0.15) is 62.1 Å². The van der Waals surface area contributed by atoms with Gasteiger partial charge >= 0.3 is 18.3 Å². The van der Waals surface area contributed by atoms with Crippen molar-refractivity contribution in [2.75, 3.05) is 154 Å². The van der Waals surface area contributed by atoms with Crippen LogP contribution in [0.2, 0.25) is 0 Å². The van der Waals surface area contributed by atoms with Crippen LogP contribution in [0.3, 0.4) is 0 Å². The molecule has 1 heterocycles. The Balaban J connectivity index is 1.73. The lowest BCUT2D eigenvalue weighted by atomic mass is 10.1. The third-order valence-corrected chi connectivity index (χ3v) is 23.3. The Morgan fingerprint density at radius 1 is 0.293 bits per heavy atom. The maximum Gasteiger partial charge on any atom is 0.411 e. The van der Waals surface area contributed by atoms with Gasteiger partial charge in [0.15, 0.2) is 20.2 Å². The van der Waals surface area contributed by atoms with Gasteiger partial charge in [0.1, 0.15) is 0 Å². The highest BCUT2D eigenvalue weighted by Gasteiger charge is 2.34. The molecule has 3 aromatic rings. The van der Waals surface area contributed by atoms with E-state index in [0.29, 0.717) is 0 Å². The van der Waals surface area contributed by atoms with Gasteiger partial charge in [-0.15, -0.1) is 0 Å². The quantitative estimate of drug-likeness (QED) is 0.0187. The Kier molecular flexibility index (Phi) is 40.2. The fourth-order valence-electron chi connectivity index (χ4n) is 8.23. The number of amides is 9. The highest BCUT2D eigenvalue weighted by Crippen LogP contribution is 2.39. The summed E-state index contributed by atoms with van der Waals surface area (Å²) in [5, 5.41) is 140. The Hall–Kier alpha value is -2.22. The van der Waals surface area contributed by atoms with Gasteiger partial charge in [-0.2, -0.15) is 0 Å². The van der Waals surface area contributed by atoms with Gasteiger partial charge in [-0.3, -0.25) is 28.8 Å². The summed E-state index contributed by atoms with van der Waals surface area (Å²) in [5.41, 5.74) is -0.103. The minimum atomic E-state index is -1.34. The maximum absolute atomic E-state index is 14.3. The minimum Gasteiger partial charge on any atom is -0.428 e. The van der Waals surface area contributed by atoms with Gasteiger partial charge in [0.25, 0.3) is 35.4 Å². The lowest BCUT2D eigenvalue weighted by Gasteiger charge is -2.26. The highest BCUT2D eigenvalue weighted by atomic mass is 127. The molecule has 21 N–H and O–H groups in total. The van der Waals surface area contributed by atoms with E-state index < -0.39 is 150 Å². The summed E-state index contributed by atoms with van der Waals surface area (Å²) in [6, 6.07) is 0. The highest BCUT2D eigenvalue weighted by molar-refractivity contribution is 14.1. The third kappa shape index (κ3) is 25.8. The van der Waals surface area contributed by atoms with E-state index >= 15 is 0 Å². The molecule has 9 amide bonds. The van der Waals surface area contributed by atoms with Crippen LogP contribution < -0.4 is 47.9 Å². The smallest absolute Gasteiger partial charge is 0.411 e. The van der Waals surface area contributed by atoms with E-state index in [1.807, 2.05) is 136 Å². The van der Waals surface area contributed by atoms with Crippen LogP contribution in [-0.4, -0.2) is 305 Å².